The summed E-state index contributed by atoms with van der Waals surface area (Å²) in [5.74, 6) is 0.220. The fourth-order valence-electron chi connectivity index (χ4n) is 1.59. The van der Waals surface area contributed by atoms with E-state index in [0.29, 0.717) is 11.3 Å². The first-order valence-corrected chi connectivity index (χ1v) is 5.72. The van der Waals surface area contributed by atoms with E-state index in [9.17, 15) is 9.50 Å². The van der Waals surface area contributed by atoms with E-state index < -0.39 is 6.10 Å². The van der Waals surface area contributed by atoms with Gasteiger partial charge >= 0.3 is 0 Å². The van der Waals surface area contributed by atoms with Gasteiger partial charge in [0, 0.05) is 5.56 Å². The molecule has 0 heterocycles. The van der Waals surface area contributed by atoms with E-state index in [1.54, 1.807) is 13.0 Å². The van der Waals surface area contributed by atoms with Crippen LogP contribution >= 0.6 is 0 Å². The van der Waals surface area contributed by atoms with Crippen LogP contribution < -0.4 is 4.74 Å². The molecule has 0 fully saturated rings. The summed E-state index contributed by atoms with van der Waals surface area (Å²) in [5, 5.41) is 9.54. The Morgan fingerprint density at radius 1 is 1.31 bits per heavy atom. The van der Waals surface area contributed by atoms with Gasteiger partial charge in [-0.25, -0.2) is 4.39 Å². The number of rotatable bonds is 5. The first-order valence-electron chi connectivity index (χ1n) is 5.72. The average Bonchev–Trinajstić information content (AvgIpc) is 2.27. The third-order valence-electron chi connectivity index (χ3n) is 2.63. The zero-order chi connectivity index (χ0) is 12.1. The third kappa shape index (κ3) is 3.20. The molecule has 0 aliphatic heterocycles. The third-order valence-corrected chi connectivity index (χ3v) is 2.63. The highest BCUT2D eigenvalue weighted by atomic mass is 19.1. The van der Waals surface area contributed by atoms with Crippen LogP contribution in [0.25, 0.3) is 0 Å². The number of aliphatic hydroxyl groups is 1. The molecule has 1 aromatic rings. The molecular weight excluding hydrogens is 207 g/mol. The Morgan fingerprint density at radius 2 is 1.94 bits per heavy atom. The number of hydrogen-bond donors (Lipinski definition) is 1. The van der Waals surface area contributed by atoms with Crippen molar-refractivity contribution in [2.45, 2.75) is 45.8 Å². The van der Waals surface area contributed by atoms with Gasteiger partial charge in [-0.2, -0.15) is 0 Å². The summed E-state index contributed by atoms with van der Waals surface area (Å²) in [6.45, 7) is 5.69. The van der Waals surface area contributed by atoms with E-state index in [4.69, 9.17) is 4.74 Å². The number of hydrogen-bond acceptors (Lipinski definition) is 2. The van der Waals surface area contributed by atoms with Gasteiger partial charge in [-0.3, -0.25) is 0 Å². The predicted octanol–water partition coefficient (Wildman–Crippen LogP) is 3.45. The van der Waals surface area contributed by atoms with Crippen molar-refractivity contribution >= 4 is 0 Å². The number of benzene rings is 1. The van der Waals surface area contributed by atoms with Gasteiger partial charge in [0.2, 0.25) is 0 Å². The smallest absolute Gasteiger partial charge is 0.125 e. The Bertz CT molecular complexity index is 333. The van der Waals surface area contributed by atoms with E-state index in [1.807, 2.05) is 13.8 Å². The molecule has 0 spiro atoms. The molecule has 16 heavy (non-hydrogen) atoms. The van der Waals surface area contributed by atoms with Gasteiger partial charge in [-0.15, -0.1) is 0 Å². The van der Waals surface area contributed by atoms with Crippen LogP contribution in [0.3, 0.4) is 0 Å². The van der Waals surface area contributed by atoms with Crippen LogP contribution in [0.2, 0.25) is 0 Å². The number of ether oxygens (including phenoxy) is 1. The van der Waals surface area contributed by atoms with Crippen LogP contribution in [0.4, 0.5) is 4.39 Å². The molecule has 0 aliphatic rings. The van der Waals surface area contributed by atoms with Gasteiger partial charge in [0.25, 0.3) is 0 Å². The lowest BCUT2D eigenvalue weighted by Crippen LogP contribution is -2.15. The summed E-state index contributed by atoms with van der Waals surface area (Å²) < 4.78 is 18.8. The molecule has 2 nitrogen and oxygen atoms in total. The second-order valence-electron chi connectivity index (χ2n) is 3.91. The molecule has 0 saturated heterocycles. The molecule has 0 unspecified atom stereocenters. The number of aliphatic hydroxyl groups excluding tert-OH is 1. The first-order chi connectivity index (χ1) is 7.58. The van der Waals surface area contributed by atoms with Crippen molar-refractivity contribution in [2.24, 2.45) is 0 Å². The zero-order valence-electron chi connectivity index (χ0n) is 10.0. The van der Waals surface area contributed by atoms with Crippen molar-refractivity contribution in [1.82, 2.24) is 0 Å². The molecule has 0 radical (unpaired) electrons. The topological polar surface area (TPSA) is 29.5 Å². The molecule has 0 saturated carbocycles. The zero-order valence-corrected chi connectivity index (χ0v) is 10.0. The van der Waals surface area contributed by atoms with Crippen LogP contribution in [0.15, 0.2) is 18.2 Å². The molecule has 3 heteroatoms. The molecule has 1 atom stereocenters. The van der Waals surface area contributed by atoms with Gasteiger partial charge in [-0.05, 0) is 38.0 Å². The molecule has 0 aromatic heterocycles. The summed E-state index contributed by atoms with van der Waals surface area (Å²) in [6, 6.07) is 4.25. The summed E-state index contributed by atoms with van der Waals surface area (Å²) in [7, 11) is 0. The summed E-state index contributed by atoms with van der Waals surface area (Å²) in [4.78, 5) is 0. The molecule has 1 N–H and O–H groups in total. The Labute approximate surface area is 96.1 Å². The van der Waals surface area contributed by atoms with E-state index in [-0.39, 0.29) is 11.9 Å². The second kappa shape index (κ2) is 5.85. The molecule has 0 bridgehead atoms. The molecule has 1 aromatic carbocycles. The van der Waals surface area contributed by atoms with Crippen molar-refractivity contribution in [3.05, 3.63) is 29.6 Å². The predicted molar refractivity (Wildman–Crippen MR) is 62.0 cm³/mol. The Kier molecular flexibility index (Phi) is 4.74. The largest absolute Gasteiger partial charge is 0.490 e. The maximum absolute atomic E-state index is 13.0. The Balaban J connectivity index is 2.94. The first kappa shape index (κ1) is 13.0. The Hall–Kier alpha value is -1.09. The minimum absolute atomic E-state index is 0.114. The average molecular weight is 226 g/mol. The quantitative estimate of drug-likeness (QED) is 0.833. The van der Waals surface area contributed by atoms with Crippen LogP contribution in [-0.2, 0) is 0 Å². The fourth-order valence-corrected chi connectivity index (χ4v) is 1.59. The summed E-state index contributed by atoms with van der Waals surface area (Å²) in [6.07, 6.45) is 1.18. The van der Waals surface area contributed by atoms with Crippen molar-refractivity contribution in [1.29, 1.82) is 0 Å². The standard InChI is InChI=1S/C13H19FO2/c1-4-11(5-2)16-13-7-6-10(14)8-12(13)9(3)15/h6-9,11,15H,4-5H2,1-3H3/t9-/m0/s1. The maximum atomic E-state index is 13.0. The molecule has 0 amide bonds. The second-order valence-corrected chi connectivity index (χ2v) is 3.91. The maximum Gasteiger partial charge on any atom is 0.125 e. The summed E-state index contributed by atoms with van der Waals surface area (Å²) >= 11 is 0. The van der Waals surface area contributed by atoms with E-state index >= 15 is 0 Å². The van der Waals surface area contributed by atoms with E-state index in [0.717, 1.165) is 12.8 Å². The van der Waals surface area contributed by atoms with Crippen LogP contribution in [0.5, 0.6) is 5.75 Å². The molecule has 0 aliphatic carbocycles. The van der Waals surface area contributed by atoms with Crippen LogP contribution in [-0.4, -0.2) is 11.2 Å². The lowest BCUT2D eigenvalue weighted by molar-refractivity contribution is 0.166. The monoisotopic (exact) mass is 226 g/mol. The highest BCUT2D eigenvalue weighted by Crippen LogP contribution is 2.27. The van der Waals surface area contributed by atoms with Crippen LogP contribution in [0.1, 0.15) is 45.3 Å². The molecule has 90 valence electrons. The Morgan fingerprint density at radius 3 is 2.44 bits per heavy atom. The van der Waals surface area contributed by atoms with Gasteiger partial charge in [-0.1, -0.05) is 13.8 Å². The number of halogens is 1. The van der Waals surface area contributed by atoms with Crippen molar-refractivity contribution in [2.75, 3.05) is 0 Å². The van der Waals surface area contributed by atoms with Crippen molar-refractivity contribution in [3.63, 3.8) is 0 Å². The van der Waals surface area contributed by atoms with Gasteiger partial charge < -0.3 is 9.84 Å². The summed E-state index contributed by atoms with van der Waals surface area (Å²) in [5.41, 5.74) is 0.506. The minimum Gasteiger partial charge on any atom is -0.490 e. The van der Waals surface area contributed by atoms with Crippen molar-refractivity contribution in [3.8, 4) is 5.75 Å². The van der Waals surface area contributed by atoms with Gasteiger partial charge in [0.05, 0.1) is 12.2 Å². The molecular formula is C13H19FO2. The van der Waals surface area contributed by atoms with Crippen LogP contribution in [0, 0.1) is 5.82 Å². The highest BCUT2D eigenvalue weighted by molar-refractivity contribution is 5.35. The lowest BCUT2D eigenvalue weighted by Gasteiger charge is -2.19. The highest BCUT2D eigenvalue weighted by Gasteiger charge is 2.13. The van der Waals surface area contributed by atoms with Crippen molar-refractivity contribution < 1.29 is 14.2 Å². The van der Waals surface area contributed by atoms with Gasteiger partial charge in [0.15, 0.2) is 0 Å². The van der Waals surface area contributed by atoms with E-state index in [1.165, 1.54) is 12.1 Å². The van der Waals surface area contributed by atoms with Gasteiger partial charge in [0.1, 0.15) is 11.6 Å². The molecule has 1 rings (SSSR count). The van der Waals surface area contributed by atoms with E-state index in [2.05, 4.69) is 0 Å². The normalized spacial score (nSPS) is 12.9. The lowest BCUT2D eigenvalue weighted by atomic mass is 10.1. The fraction of sp³-hybridized carbons (Fsp3) is 0.538. The SMILES string of the molecule is CCC(CC)Oc1ccc(F)cc1[C@H](C)O. The minimum atomic E-state index is -0.722.